The van der Waals surface area contributed by atoms with Crippen LogP contribution >= 0.6 is 22.7 Å². The van der Waals surface area contributed by atoms with Gasteiger partial charge in [-0.15, -0.1) is 22.7 Å². The maximum atomic E-state index is 12.4. The zero-order chi connectivity index (χ0) is 22.7. The first-order valence-corrected chi connectivity index (χ1v) is 11.2. The SMILES string of the molecule is COC(=O)c1csc(-c2csc([C@@H](NC(=O)OC(C)(C)C)[C@@H](C)OC(C)(C)C)n2)n1. The maximum absolute atomic E-state index is 12.4. The number of ether oxygens (including phenoxy) is 3. The van der Waals surface area contributed by atoms with Crippen molar-refractivity contribution < 1.29 is 23.8 Å². The summed E-state index contributed by atoms with van der Waals surface area (Å²) in [5.41, 5.74) is -0.172. The van der Waals surface area contributed by atoms with E-state index in [1.54, 1.807) is 26.2 Å². The molecule has 0 aliphatic heterocycles. The Hall–Kier alpha value is -2.04. The minimum absolute atomic E-state index is 0.236. The molecule has 0 unspecified atom stereocenters. The Labute approximate surface area is 185 Å². The van der Waals surface area contributed by atoms with Crippen LogP contribution in [0.4, 0.5) is 4.79 Å². The predicted octanol–water partition coefficient (Wildman–Crippen LogP) is 4.82. The predicted molar refractivity (Wildman–Crippen MR) is 117 cm³/mol. The second-order valence-electron chi connectivity index (χ2n) is 8.66. The van der Waals surface area contributed by atoms with Gasteiger partial charge in [0.1, 0.15) is 27.4 Å². The molecule has 1 amide bonds. The summed E-state index contributed by atoms with van der Waals surface area (Å²) in [5, 5.41) is 7.59. The van der Waals surface area contributed by atoms with Crippen molar-refractivity contribution in [2.45, 2.75) is 71.8 Å². The fraction of sp³-hybridized carbons (Fsp3) is 0.600. The summed E-state index contributed by atoms with van der Waals surface area (Å²) in [5.74, 6) is -0.496. The Balaban J connectivity index is 2.28. The highest BCUT2D eigenvalue weighted by Crippen LogP contribution is 2.31. The molecule has 0 saturated heterocycles. The number of aromatic nitrogens is 2. The Morgan fingerprint density at radius 2 is 1.70 bits per heavy atom. The molecule has 166 valence electrons. The van der Waals surface area contributed by atoms with Gasteiger partial charge in [0, 0.05) is 10.8 Å². The van der Waals surface area contributed by atoms with Gasteiger partial charge in [0.2, 0.25) is 0 Å². The van der Waals surface area contributed by atoms with Gasteiger partial charge in [0.25, 0.3) is 0 Å². The van der Waals surface area contributed by atoms with E-state index >= 15 is 0 Å². The Bertz CT molecular complexity index is 880. The van der Waals surface area contributed by atoms with Crippen molar-refractivity contribution in [2.75, 3.05) is 7.11 Å². The first kappa shape index (κ1) is 24.2. The minimum atomic E-state index is -0.623. The highest BCUT2D eigenvalue weighted by Gasteiger charge is 2.30. The first-order chi connectivity index (χ1) is 13.8. The molecule has 0 aliphatic rings. The number of nitrogens with zero attached hydrogens (tertiary/aromatic N) is 2. The van der Waals surface area contributed by atoms with E-state index in [2.05, 4.69) is 15.3 Å². The normalized spacial score (nSPS) is 14.1. The highest BCUT2D eigenvalue weighted by molar-refractivity contribution is 7.14. The van der Waals surface area contributed by atoms with E-state index in [9.17, 15) is 9.59 Å². The van der Waals surface area contributed by atoms with E-state index in [1.807, 2.05) is 33.1 Å². The summed E-state index contributed by atoms with van der Waals surface area (Å²) in [6, 6.07) is -0.516. The molecule has 0 aliphatic carbocycles. The van der Waals surface area contributed by atoms with Gasteiger partial charge >= 0.3 is 12.1 Å². The Morgan fingerprint density at radius 3 is 2.27 bits per heavy atom. The molecule has 0 fully saturated rings. The standard InChI is InChI=1S/C20H29N3O5S2/c1-11(27-19(2,3)4)14(23-18(25)28-20(5,6)7)16-21-12(9-30-16)15-22-13(10-29-15)17(24)26-8/h9-11,14H,1-8H3,(H,23,25)/t11-,14+/m1/s1. The molecular formula is C20H29N3O5S2. The van der Waals surface area contributed by atoms with E-state index in [4.69, 9.17) is 14.2 Å². The number of carbonyl (C=O) groups excluding carboxylic acids is 2. The quantitative estimate of drug-likeness (QED) is 0.623. The van der Waals surface area contributed by atoms with Crippen LogP contribution in [0.1, 0.15) is 70.0 Å². The van der Waals surface area contributed by atoms with E-state index < -0.39 is 29.3 Å². The van der Waals surface area contributed by atoms with E-state index in [0.29, 0.717) is 15.7 Å². The van der Waals surface area contributed by atoms with Crippen molar-refractivity contribution in [1.29, 1.82) is 0 Å². The third-order valence-electron chi connectivity index (χ3n) is 3.59. The lowest BCUT2D eigenvalue weighted by Crippen LogP contribution is -2.41. The molecule has 8 nitrogen and oxygen atoms in total. The molecule has 2 rings (SSSR count). The third kappa shape index (κ3) is 7.03. The van der Waals surface area contributed by atoms with Gasteiger partial charge in [0.05, 0.1) is 18.8 Å². The number of thiazole rings is 2. The zero-order valence-corrected chi connectivity index (χ0v) is 20.2. The van der Waals surface area contributed by atoms with Crippen LogP contribution in [-0.4, -0.2) is 46.4 Å². The van der Waals surface area contributed by atoms with Crippen LogP contribution in [-0.2, 0) is 14.2 Å². The van der Waals surface area contributed by atoms with Gasteiger partial charge in [0.15, 0.2) is 5.69 Å². The number of hydrogen-bond donors (Lipinski definition) is 1. The summed E-state index contributed by atoms with van der Waals surface area (Å²) >= 11 is 2.68. The van der Waals surface area contributed by atoms with Crippen LogP contribution in [0.5, 0.6) is 0 Å². The van der Waals surface area contributed by atoms with Crippen LogP contribution in [0.25, 0.3) is 10.7 Å². The average molecular weight is 456 g/mol. The van der Waals surface area contributed by atoms with Gasteiger partial charge in [-0.25, -0.2) is 19.6 Å². The topological polar surface area (TPSA) is 99.6 Å². The lowest BCUT2D eigenvalue weighted by Gasteiger charge is -2.31. The molecule has 0 saturated carbocycles. The number of nitrogens with one attached hydrogen (secondary N) is 1. The van der Waals surface area contributed by atoms with Crippen molar-refractivity contribution in [3.8, 4) is 10.7 Å². The van der Waals surface area contributed by atoms with Gasteiger partial charge < -0.3 is 19.5 Å². The fourth-order valence-electron chi connectivity index (χ4n) is 2.56. The third-order valence-corrected chi connectivity index (χ3v) is 5.38. The van der Waals surface area contributed by atoms with E-state index in [-0.39, 0.29) is 11.8 Å². The number of rotatable bonds is 6. The van der Waals surface area contributed by atoms with Crippen molar-refractivity contribution in [3.05, 3.63) is 21.5 Å². The van der Waals surface area contributed by atoms with Crippen LogP contribution in [0, 0.1) is 0 Å². The molecule has 0 radical (unpaired) electrons. The Morgan fingerprint density at radius 1 is 1.03 bits per heavy atom. The van der Waals surface area contributed by atoms with Crippen molar-refractivity contribution in [2.24, 2.45) is 0 Å². The molecule has 2 aromatic rings. The summed E-state index contributed by atoms with van der Waals surface area (Å²) in [6.45, 7) is 13.1. The number of hydrogen-bond acceptors (Lipinski definition) is 9. The lowest BCUT2D eigenvalue weighted by atomic mass is 10.1. The molecule has 1 N–H and O–H groups in total. The zero-order valence-electron chi connectivity index (χ0n) is 18.6. The maximum Gasteiger partial charge on any atom is 0.408 e. The molecule has 2 heterocycles. The van der Waals surface area contributed by atoms with Crippen LogP contribution in [0.15, 0.2) is 10.8 Å². The van der Waals surface area contributed by atoms with Gasteiger partial charge in [-0.1, -0.05) is 0 Å². The minimum Gasteiger partial charge on any atom is -0.464 e. The largest absolute Gasteiger partial charge is 0.464 e. The van der Waals surface area contributed by atoms with Crippen LogP contribution < -0.4 is 5.32 Å². The number of amides is 1. The number of alkyl carbamates (subject to hydrolysis) is 1. The highest BCUT2D eigenvalue weighted by atomic mass is 32.1. The van der Waals surface area contributed by atoms with Gasteiger partial charge in [-0.3, -0.25) is 0 Å². The van der Waals surface area contributed by atoms with Crippen LogP contribution in [0.3, 0.4) is 0 Å². The van der Waals surface area contributed by atoms with Crippen molar-refractivity contribution in [3.63, 3.8) is 0 Å². The van der Waals surface area contributed by atoms with Crippen molar-refractivity contribution in [1.82, 2.24) is 15.3 Å². The number of methoxy groups -OCH3 is 1. The summed E-state index contributed by atoms with van der Waals surface area (Å²) in [6.07, 6.45) is -0.908. The molecule has 2 aromatic heterocycles. The fourth-order valence-corrected chi connectivity index (χ4v) is 4.33. The molecule has 2 atom stereocenters. The molecule has 10 heteroatoms. The lowest BCUT2D eigenvalue weighted by molar-refractivity contribution is -0.0677. The van der Waals surface area contributed by atoms with E-state index in [1.165, 1.54) is 29.8 Å². The average Bonchev–Trinajstić information content (AvgIpc) is 3.24. The summed E-state index contributed by atoms with van der Waals surface area (Å²) in [4.78, 5) is 33.0. The monoisotopic (exact) mass is 455 g/mol. The second-order valence-corrected chi connectivity index (χ2v) is 10.4. The molecule has 0 spiro atoms. The van der Waals surface area contributed by atoms with Crippen LogP contribution in [0.2, 0.25) is 0 Å². The van der Waals surface area contributed by atoms with Crippen molar-refractivity contribution >= 4 is 34.7 Å². The molecule has 0 aromatic carbocycles. The smallest absolute Gasteiger partial charge is 0.408 e. The first-order valence-electron chi connectivity index (χ1n) is 9.46. The molecular weight excluding hydrogens is 426 g/mol. The van der Waals surface area contributed by atoms with Gasteiger partial charge in [-0.2, -0.15) is 0 Å². The second kappa shape index (κ2) is 9.40. The molecule has 30 heavy (non-hydrogen) atoms. The number of esters is 1. The summed E-state index contributed by atoms with van der Waals surface area (Å²) in [7, 11) is 1.31. The Kier molecular flexibility index (Phi) is 7.59. The van der Waals surface area contributed by atoms with Gasteiger partial charge in [-0.05, 0) is 48.5 Å². The molecule has 0 bridgehead atoms. The van der Waals surface area contributed by atoms with E-state index in [0.717, 1.165) is 0 Å². The summed E-state index contributed by atoms with van der Waals surface area (Å²) < 4.78 is 16.2. The number of carbonyl (C=O) groups is 2.